The van der Waals surface area contributed by atoms with Gasteiger partial charge in [-0.25, -0.2) is 0 Å². The SMILES string of the molecule is CCC1CCCCC1Nc1ccc(C(=O)NCCO)cc1. The Kier molecular flexibility index (Phi) is 6.05. The Morgan fingerprint density at radius 3 is 2.62 bits per heavy atom. The summed E-state index contributed by atoms with van der Waals surface area (Å²) in [4.78, 5) is 11.8. The number of nitrogens with one attached hydrogen (secondary N) is 2. The minimum atomic E-state index is -0.139. The van der Waals surface area contributed by atoms with Gasteiger partial charge in [0.15, 0.2) is 0 Å². The van der Waals surface area contributed by atoms with Gasteiger partial charge in [0.05, 0.1) is 6.61 Å². The van der Waals surface area contributed by atoms with Crippen molar-refractivity contribution in [2.45, 2.75) is 45.1 Å². The lowest BCUT2D eigenvalue weighted by atomic mass is 9.83. The molecule has 1 aromatic rings. The second kappa shape index (κ2) is 8.03. The van der Waals surface area contributed by atoms with Crippen molar-refractivity contribution in [3.63, 3.8) is 0 Å². The van der Waals surface area contributed by atoms with Crippen molar-refractivity contribution in [1.82, 2.24) is 5.32 Å². The molecule has 1 fully saturated rings. The highest BCUT2D eigenvalue weighted by Gasteiger charge is 2.23. The third-order valence-electron chi connectivity index (χ3n) is 4.33. The minimum absolute atomic E-state index is 0.0362. The Labute approximate surface area is 126 Å². The van der Waals surface area contributed by atoms with Gasteiger partial charge in [-0.3, -0.25) is 4.79 Å². The lowest BCUT2D eigenvalue weighted by Gasteiger charge is -2.32. The van der Waals surface area contributed by atoms with Crippen molar-refractivity contribution in [2.24, 2.45) is 5.92 Å². The summed E-state index contributed by atoms with van der Waals surface area (Å²) in [6, 6.07) is 8.15. The topological polar surface area (TPSA) is 61.4 Å². The highest BCUT2D eigenvalue weighted by atomic mass is 16.3. The maximum absolute atomic E-state index is 11.8. The summed E-state index contributed by atoms with van der Waals surface area (Å²) in [6.07, 6.45) is 6.42. The maximum atomic E-state index is 11.8. The van der Waals surface area contributed by atoms with Gasteiger partial charge in [-0.1, -0.05) is 26.2 Å². The molecule has 1 aliphatic rings. The molecule has 4 nitrogen and oxygen atoms in total. The van der Waals surface area contributed by atoms with Crippen LogP contribution in [0.2, 0.25) is 0 Å². The van der Waals surface area contributed by atoms with E-state index >= 15 is 0 Å². The molecular formula is C17H26N2O2. The molecule has 0 saturated heterocycles. The van der Waals surface area contributed by atoms with Crippen LogP contribution in [-0.2, 0) is 0 Å². The first kappa shape index (κ1) is 15.8. The Bertz CT molecular complexity index is 445. The van der Waals surface area contributed by atoms with Crippen LogP contribution in [0.3, 0.4) is 0 Å². The third-order valence-corrected chi connectivity index (χ3v) is 4.33. The molecule has 116 valence electrons. The standard InChI is InChI=1S/C17H26N2O2/c1-2-13-5-3-4-6-16(13)19-15-9-7-14(8-10-15)17(21)18-11-12-20/h7-10,13,16,19-20H,2-6,11-12H2,1H3,(H,18,21). The number of aliphatic hydroxyl groups is 1. The van der Waals surface area contributed by atoms with Crippen molar-refractivity contribution < 1.29 is 9.90 Å². The molecule has 21 heavy (non-hydrogen) atoms. The Morgan fingerprint density at radius 1 is 1.24 bits per heavy atom. The summed E-state index contributed by atoms with van der Waals surface area (Å²) in [5, 5.41) is 15.0. The van der Waals surface area contributed by atoms with Crippen LogP contribution in [0.5, 0.6) is 0 Å². The quantitative estimate of drug-likeness (QED) is 0.755. The number of amides is 1. The van der Waals surface area contributed by atoms with Crippen molar-refractivity contribution in [2.75, 3.05) is 18.5 Å². The molecule has 0 aromatic heterocycles. The maximum Gasteiger partial charge on any atom is 0.251 e. The van der Waals surface area contributed by atoms with Gasteiger partial charge in [0.25, 0.3) is 5.91 Å². The van der Waals surface area contributed by atoms with Crippen molar-refractivity contribution in [3.8, 4) is 0 Å². The van der Waals surface area contributed by atoms with Crippen LogP contribution in [0.1, 0.15) is 49.4 Å². The van der Waals surface area contributed by atoms with E-state index < -0.39 is 0 Å². The molecule has 1 amide bonds. The van der Waals surface area contributed by atoms with Gasteiger partial charge >= 0.3 is 0 Å². The van der Waals surface area contributed by atoms with Crippen LogP contribution in [-0.4, -0.2) is 30.2 Å². The first-order valence-electron chi connectivity index (χ1n) is 8.00. The first-order chi connectivity index (χ1) is 10.2. The predicted octanol–water partition coefficient (Wildman–Crippen LogP) is 2.79. The van der Waals surface area contributed by atoms with E-state index in [9.17, 15) is 4.79 Å². The fourth-order valence-corrected chi connectivity index (χ4v) is 3.09. The van der Waals surface area contributed by atoms with E-state index in [1.807, 2.05) is 24.3 Å². The number of hydrogen-bond donors (Lipinski definition) is 3. The molecule has 0 spiro atoms. The summed E-state index contributed by atoms with van der Waals surface area (Å²) in [6.45, 7) is 2.52. The lowest BCUT2D eigenvalue weighted by Crippen LogP contribution is -2.31. The summed E-state index contributed by atoms with van der Waals surface area (Å²) in [5.41, 5.74) is 1.71. The highest BCUT2D eigenvalue weighted by Crippen LogP contribution is 2.29. The van der Waals surface area contributed by atoms with Crippen LogP contribution in [0.25, 0.3) is 0 Å². The Balaban J connectivity index is 1.94. The van der Waals surface area contributed by atoms with Crippen LogP contribution in [0, 0.1) is 5.92 Å². The average Bonchev–Trinajstić information content (AvgIpc) is 2.54. The molecule has 1 aliphatic carbocycles. The molecule has 0 radical (unpaired) electrons. The highest BCUT2D eigenvalue weighted by molar-refractivity contribution is 5.94. The average molecular weight is 290 g/mol. The van der Waals surface area contributed by atoms with Gasteiger partial charge in [-0.15, -0.1) is 0 Å². The smallest absolute Gasteiger partial charge is 0.251 e. The predicted molar refractivity (Wildman–Crippen MR) is 85.5 cm³/mol. The lowest BCUT2D eigenvalue weighted by molar-refractivity contribution is 0.0945. The number of carbonyl (C=O) groups excluding carboxylic acids is 1. The van der Waals surface area contributed by atoms with E-state index in [2.05, 4.69) is 17.6 Å². The number of hydrogen-bond acceptors (Lipinski definition) is 3. The van der Waals surface area contributed by atoms with E-state index in [4.69, 9.17) is 5.11 Å². The normalized spacial score (nSPS) is 21.8. The molecule has 0 heterocycles. The molecule has 2 rings (SSSR count). The van der Waals surface area contributed by atoms with Crippen molar-refractivity contribution >= 4 is 11.6 Å². The van der Waals surface area contributed by atoms with Gasteiger partial charge < -0.3 is 15.7 Å². The second-order valence-corrected chi connectivity index (χ2v) is 5.76. The summed E-state index contributed by atoms with van der Waals surface area (Å²) in [5.74, 6) is 0.617. The molecule has 0 aliphatic heterocycles. The van der Waals surface area contributed by atoms with Gasteiger partial charge in [-0.05, 0) is 43.0 Å². The van der Waals surface area contributed by atoms with Crippen molar-refractivity contribution in [3.05, 3.63) is 29.8 Å². The van der Waals surface area contributed by atoms with E-state index in [-0.39, 0.29) is 12.5 Å². The fraction of sp³-hybridized carbons (Fsp3) is 0.588. The molecule has 4 heteroatoms. The first-order valence-corrected chi connectivity index (χ1v) is 8.00. The molecule has 2 atom stereocenters. The van der Waals surface area contributed by atoms with Crippen LogP contribution < -0.4 is 10.6 Å². The van der Waals surface area contributed by atoms with Crippen LogP contribution in [0.4, 0.5) is 5.69 Å². The van der Waals surface area contributed by atoms with E-state index in [0.29, 0.717) is 18.2 Å². The monoisotopic (exact) mass is 290 g/mol. The van der Waals surface area contributed by atoms with Gasteiger partial charge in [0.1, 0.15) is 0 Å². The largest absolute Gasteiger partial charge is 0.395 e. The van der Waals surface area contributed by atoms with Crippen molar-refractivity contribution in [1.29, 1.82) is 0 Å². The molecule has 1 saturated carbocycles. The minimum Gasteiger partial charge on any atom is -0.395 e. The Morgan fingerprint density at radius 2 is 1.95 bits per heavy atom. The number of carbonyl (C=O) groups is 1. The Hall–Kier alpha value is -1.55. The number of rotatable bonds is 6. The van der Waals surface area contributed by atoms with Gasteiger partial charge in [0.2, 0.25) is 0 Å². The van der Waals surface area contributed by atoms with Crippen LogP contribution in [0.15, 0.2) is 24.3 Å². The van der Waals surface area contributed by atoms with E-state index in [1.165, 1.54) is 32.1 Å². The molecule has 0 bridgehead atoms. The molecule has 3 N–H and O–H groups in total. The van der Waals surface area contributed by atoms with Crippen LogP contribution >= 0.6 is 0 Å². The fourth-order valence-electron chi connectivity index (χ4n) is 3.09. The number of benzene rings is 1. The molecule has 1 aromatic carbocycles. The van der Waals surface area contributed by atoms with E-state index in [0.717, 1.165) is 11.6 Å². The summed E-state index contributed by atoms with van der Waals surface area (Å²) >= 11 is 0. The van der Waals surface area contributed by atoms with E-state index in [1.54, 1.807) is 0 Å². The zero-order valence-corrected chi connectivity index (χ0v) is 12.8. The molecule has 2 unspecified atom stereocenters. The zero-order valence-electron chi connectivity index (χ0n) is 12.8. The second-order valence-electron chi connectivity index (χ2n) is 5.76. The zero-order chi connectivity index (χ0) is 15.1. The van der Waals surface area contributed by atoms with Gasteiger partial charge in [0, 0.05) is 23.8 Å². The van der Waals surface area contributed by atoms with Gasteiger partial charge in [-0.2, -0.15) is 0 Å². The summed E-state index contributed by atoms with van der Waals surface area (Å²) in [7, 11) is 0. The summed E-state index contributed by atoms with van der Waals surface area (Å²) < 4.78 is 0. The molecular weight excluding hydrogens is 264 g/mol. The third kappa shape index (κ3) is 4.46. The number of aliphatic hydroxyl groups excluding tert-OH is 1. The number of anilines is 1.